The third-order valence-electron chi connectivity index (χ3n) is 2.38. The summed E-state index contributed by atoms with van der Waals surface area (Å²) in [6, 6.07) is 10.7. The predicted octanol–water partition coefficient (Wildman–Crippen LogP) is 3.83. The predicted molar refractivity (Wildman–Crippen MR) is 67.4 cm³/mol. The molecule has 1 amide bonds. The van der Waals surface area contributed by atoms with Crippen LogP contribution in [0.5, 0.6) is 0 Å². The number of nitrogens with one attached hydrogen (secondary N) is 1. The van der Waals surface area contributed by atoms with Gasteiger partial charge in [0, 0.05) is 5.69 Å². The lowest BCUT2D eigenvalue weighted by molar-refractivity contribution is 0.0996. The van der Waals surface area contributed by atoms with Gasteiger partial charge in [0.05, 0.1) is 11.6 Å². The van der Waals surface area contributed by atoms with Gasteiger partial charge in [-0.25, -0.2) is 0 Å². The van der Waals surface area contributed by atoms with E-state index < -0.39 is 0 Å². The normalized spacial score (nSPS) is 12.1. The van der Waals surface area contributed by atoms with Crippen molar-refractivity contribution < 1.29 is 9.21 Å². The van der Waals surface area contributed by atoms with E-state index in [1.54, 1.807) is 12.1 Å². The van der Waals surface area contributed by atoms with Crippen LogP contribution in [-0.4, -0.2) is 5.91 Å². The summed E-state index contributed by atoms with van der Waals surface area (Å²) in [5.41, 5.74) is 1.59. The molecular weight excluding hydrogens is 238 g/mol. The summed E-state index contributed by atoms with van der Waals surface area (Å²) in [5.74, 6) is 0.00166. The largest absolute Gasteiger partial charge is 0.459 e. The zero-order valence-corrected chi connectivity index (χ0v) is 10.1. The van der Waals surface area contributed by atoms with Crippen LogP contribution in [0.15, 0.2) is 47.1 Å². The number of carbonyl (C=O) groups is 1. The molecule has 3 nitrogen and oxygen atoms in total. The highest BCUT2D eigenvalue weighted by atomic mass is 35.5. The first-order chi connectivity index (χ1) is 8.18. The average molecular weight is 250 g/mol. The topological polar surface area (TPSA) is 42.2 Å². The maximum absolute atomic E-state index is 11.8. The second kappa shape index (κ2) is 5.06. The van der Waals surface area contributed by atoms with Crippen LogP contribution in [0, 0.1) is 0 Å². The molecule has 0 saturated carbocycles. The number of anilines is 1. The number of carbonyl (C=O) groups excluding carboxylic acids is 1. The van der Waals surface area contributed by atoms with Crippen molar-refractivity contribution in [3.8, 4) is 0 Å². The molecule has 1 aromatic heterocycles. The van der Waals surface area contributed by atoms with Crippen molar-refractivity contribution in [2.75, 3.05) is 5.32 Å². The van der Waals surface area contributed by atoms with Gasteiger partial charge in [0.15, 0.2) is 5.76 Å². The van der Waals surface area contributed by atoms with E-state index in [4.69, 9.17) is 16.0 Å². The molecule has 0 aliphatic heterocycles. The number of halogens is 1. The van der Waals surface area contributed by atoms with Gasteiger partial charge in [0.1, 0.15) is 0 Å². The molecule has 0 radical (unpaired) electrons. The van der Waals surface area contributed by atoms with Gasteiger partial charge >= 0.3 is 0 Å². The molecule has 2 rings (SSSR count). The number of amides is 1. The lowest BCUT2D eigenvalue weighted by Crippen LogP contribution is -2.12. The highest BCUT2D eigenvalue weighted by molar-refractivity contribution is 6.21. The van der Waals surface area contributed by atoms with Gasteiger partial charge in [-0.1, -0.05) is 18.2 Å². The van der Waals surface area contributed by atoms with Gasteiger partial charge in [-0.2, -0.15) is 0 Å². The quantitative estimate of drug-likeness (QED) is 0.840. The summed E-state index contributed by atoms with van der Waals surface area (Å²) < 4.78 is 5.02. The molecule has 17 heavy (non-hydrogen) atoms. The van der Waals surface area contributed by atoms with E-state index in [9.17, 15) is 4.79 Å². The van der Waals surface area contributed by atoms with Crippen LogP contribution in [-0.2, 0) is 0 Å². The summed E-state index contributed by atoms with van der Waals surface area (Å²) in [5, 5.41) is 2.61. The first-order valence-electron chi connectivity index (χ1n) is 5.26. The van der Waals surface area contributed by atoms with Gasteiger partial charge in [-0.3, -0.25) is 4.79 Å². The fraction of sp³-hybridized carbons (Fsp3) is 0.154. The van der Waals surface area contributed by atoms with Crippen LogP contribution in [0.3, 0.4) is 0 Å². The van der Waals surface area contributed by atoms with Crippen molar-refractivity contribution >= 4 is 23.2 Å². The number of benzene rings is 1. The van der Waals surface area contributed by atoms with E-state index in [-0.39, 0.29) is 17.0 Å². The van der Waals surface area contributed by atoms with Crippen LogP contribution in [0.25, 0.3) is 0 Å². The fourth-order valence-corrected chi connectivity index (χ4v) is 1.74. The van der Waals surface area contributed by atoms with E-state index in [0.717, 1.165) is 5.56 Å². The third kappa shape index (κ3) is 2.68. The van der Waals surface area contributed by atoms with Crippen LogP contribution < -0.4 is 5.32 Å². The van der Waals surface area contributed by atoms with Crippen molar-refractivity contribution in [2.45, 2.75) is 12.3 Å². The van der Waals surface area contributed by atoms with Crippen LogP contribution in [0.2, 0.25) is 0 Å². The molecule has 0 fully saturated rings. The van der Waals surface area contributed by atoms with E-state index in [1.165, 1.54) is 6.26 Å². The Hall–Kier alpha value is -1.74. The van der Waals surface area contributed by atoms with Gasteiger partial charge in [-0.05, 0) is 30.7 Å². The first kappa shape index (κ1) is 11.7. The number of furan rings is 1. The Balaban J connectivity index is 2.22. The SMILES string of the molecule is CC(Cl)c1ccccc1NC(=O)c1ccco1. The average Bonchev–Trinajstić information content (AvgIpc) is 2.83. The minimum Gasteiger partial charge on any atom is -0.459 e. The number of rotatable bonds is 3. The van der Waals surface area contributed by atoms with Gasteiger partial charge < -0.3 is 9.73 Å². The molecule has 1 unspecified atom stereocenters. The molecule has 0 bridgehead atoms. The summed E-state index contributed by atoms with van der Waals surface area (Å²) in [7, 11) is 0. The summed E-state index contributed by atoms with van der Waals surface area (Å²) in [4.78, 5) is 11.8. The summed E-state index contributed by atoms with van der Waals surface area (Å²) in [6.45, 7) is 1.86. The Kier molecular flexibility index (Phi) is 3.49. The first-order valence-corrected chi connectivity index (χ1v) is 5.70. The number of alkyl halides is 1. The molecule has 1 N–H and O–H groups in total. The van der Waals surface area contributed by atoms with Gasteiger partial charge in [0.25, 0.3) is 5.91 Å². The highest BCUT2D eigenvalue weighted by Crippen LogP contribution is 2.27. The maximum atomic E-state index is 11.8. The minimum atomic E-state index is -0.278. The molecule has 1 aromatic carbocycles. The second-order valence-corrected chi connectivity index (χ2v) is 4.29. The molecule has 2 aromatic rings. The smallest absolute Gasteiger partial charge is 0.291 e. The third-order valence-corrected chi connectivity index (χ3v) is 2.62. The molecule has 0 saturated heterocycles. The van der Waals surface area contributed by atoms with Gasteiger partial charge in [0.2, 0.25) is 0 Å². The number of para-hydroxylation sites is 1. The standard InChI is InChI=1S/C13H12ClNO2/c1-9(14)10-5-2-3-6-11(10)15-13(16)12-7-4-8-17-12/h2-9H,1H3,(H,15,16). The van der Waals surface area contributed by atoms with Crippen molar-refractivity contribution in [1.82, 2.24) is 0 Å². The van der Waals surface area contributed by atoms with Crippen molar-refractivity contribution in [3.05, 3.63) is 54.0 Å². The molecule has 4 heteroatoms. The van der Waals surface area contributed by atoms with Crippen LogP contribution >= 0.6 is 11.6 Å². The lowest BCUT2D eigenvalue weighted by atomic mass is 10.1. The second-order valence-electron chi connectivity index (χ2n) is 3.63. The molecule has 0 spiro atoms. The zero-order chi connectivity index (χ0) is 12.3. The molecule has 1 atom stereocenters. The Labute approximate surface area is 104 Å². The van der Waals surface area contributed by atoms with Crippen molar-refractivity contribution in [3.63, 3.8) is 0 Å². The van der Waals surface area contributed by atoms with E-state index in [1.807, 2.05) is 31.2 Å². The van der Waals surface area contributed by atoms with Gasteiger partial charge in [-0.15, -0.1) is 11.6 Å². The zero-order valence-electron chi connectivity index (χ0n) is 9.31. The molecule has 88 valence electrons. The Morgan fingerprint density at radius 2 is 2.06 bits per heavy atom. The molecule has 1 heterocycles. The van der Waals surface area contributed by atoms with E-state index in [2.05, 4.69) is 5.32 Å². The Bertz CT molecular complexity index is 506. The monoisotopic (exact) mass is 249 g/mol. The number of hydrogen-bond donors (Lipinski definition) is 1. The summed E-state index contributed by atoms with van der Waals surface area (Å²) in [6.07, 6.45) is 1.46. The van der Waals surface area contributed by atoms with Crippen LogP contribution in [0.1, 0.15) is 28.4 Å². The molecule has 0 aliphatic rings. The van der Waals surface area contributed by atoms with E-state index in [0.29, 0.717) is 5.69 Å². The fourth-order valence-electron chi connectivity index (χ4n) is 1.55. The summed E-state index contributed by atoms with van der Waals surface area (Å²) >= 11 is 6.04. The molecular formula is C13H12ClNO2. The maximum Gasteiger partial charge on any atom is 0.291 e. The van der Waals surface area contributed by atoms with E-state index >= 15 is 0 Å². The van der Waals surface area contributed by atoms with Crippen molar-refractivity contribution in [1.29, 1.82) is 0 Å². The molecule has 0 aliphatic carbocycles. The minimum absolute atomic E-state index is 0.164. The number of hydrogen-bond acceptors (Lipinski definition) is 2. The highest BCUT2D eigenvalue weighted by Gasteiger charge is 2.12. The Morgan fingerprint density at radius 3 is 2.71 bits per heavy atom. The Morgan fingerprint density at radius 1 is 1.29 bits per heavy atom. The van der Waals surface area contributed by atoms with Crippen LogP contribution in [0.4, 0.5) is 5.69 Å². The lowest BCUT2D eigenvalue weighted by Gasteiger charge is -2.11. The van der Waals surface area contributed by atoms with Crippen molar-refractivity contribution in [2.24, 2.45) is 0 Å².